The Morgan fingerprint density at radius 2 is 2.14 bits per heavy atom. The summed E-state index contributed by atoms with van der Waals surface area (Å²) >= 11 is 0. The van der Waals surface area contributed by atoms with Crippen LogP contribution in [0.4, 0.5) is 0 Å². The molecule has 2 rings (SSSR count). The van der Waals surface area contributed by atoms with Crippen LogP contribution in [0.15, 0.2) is 16.5 Å². The van der Waals surface area contributed by atoms with Crippen LogP contribution in [0.25, 0.3) is 11.0 Å². The van der Waals surface area contributed by atoms with Crippen molar-refractivity contribution in [2.45, 2.75) is 26.7 Å². The summed E-state index contributed by atoms with van der Waals surface area (Å²) in [5.41, 5.74) is 1.80. The van der Waals surface area contributed by atoms with Crippen LogP contribution in [0.1, 0.15) is 31.2 Å². The molecule has 0 aliphatic heterocycles. The van der Waals surface area contributed by atoms with Gasteiger partial charge in [0.1, 0.15) is 0 Å². The van der Waals surface area contributed by atoms with E-state index in [-0.39, 0.29) is 58.2 Å². The molecule has 0 saturated heterocycles. The minimum atomic E-state index is 0. The van der Waals surface area contributed by atoms with Crippen molar-refractivity contribution < 1.29 is 62.6 Å². The van der Waals surface area contributed by atoms with Crippen LogP contribution in [-0.4, -0.2) is 4.98 Å². The molecule has 0 N–H and O–H groups in total. The van der Waals surface area contributed by atoms with Crippen LogP contribution in [0.5, 0.6) is 0 Å². The second-order valence-electron chi connectivity index (χ2n) is 3.56. The number of rotatable bonds is 1. The van der Waals surface area contributed by atoms with Crippen LogP contribution in [-0.2, 0) is 0 Å². The van der Waals surface area contributed by atoms with E-state index in [1.165, 1.54) is 0 Å². The second kappa shape index (κ2) is 5.02. The molecular weight excluding hydrogens is 248 g/mol. The van der Waals surface area contributed by atoms with Gasteiger partial charge in [-0.05, 0) is 5.69 Å². The first-order valence-electron chi connectivity index (χ1n) is 4.45. The molecule has 0 aromatic carbocycles. The zero-order valence-electron chi connectivity index (χ0n) is 9.09. The minimum absolute atomic E-state index is 0. The van der Waals surface area contributed by atoms with Crippen molar-refractivity contribution in [1.29, 1.82) is 0 Å². The smallest absolute Gasteiger partial charge is 0.486 e. The molecule has 0 unspecified atom stereocenters. The normalized spacial score (nSPS) is 10.6. The quantitative estimate of drug-likeness (QED) is 0.677. The van der Waals surface area contributed by atoms with E-state index >= 15 is 0 Å². The van der Waals surface area contributed by atoms with Gasteiger partial charge in [0.05, 0.1) is 5.76 Å². The number of aromatic nitrogens is 1. The molecule has 0 amide bonds. The molecule has 0 spiro atoms. The molecule has 0 fully saturated rings. The van der Waals surface area contributed by atoms with Gasteiger partial charge >= 0.3 is 58.2 Å². The Kier molecular flexibility index (Phi) is 4.50. The summed E-state index contributed by atoms with van der Waals surface area (Å²) in [6.07, 6.45) is 2.85. The maximum atomic E-state index is 5.68. The van der Waals surface area contributed by atoms with E-state index < -0.39 is 0 Å². The van der Waals surface area contributed by atoms with Gasteiger partial charge in [0.2, 0.25) is 0 Å². The summed E-state index contributed by atoms with van der Waals surface area (Å²) in [6.45, 7) is 6.17. The van der Waals surface area contributed by atoms with Crippen molar-refractivity contribution in [1.82, 2.24) is 4.98 Å². The monoisotopic (exact) mass is 259 g/mol. The molecule has 0 aliphatic rings. The zero-order chi connectivity index (χ0) is 9.42. The van der Waals surface area contributed by atoms with Crippen molar-refractivity contribution in [2.75, 3.05) is 0 Å². The third-order valence-electron chi connectivity index (χ3n) is 2.13. The SMILES string of the molecule is Cc1n[c-]cc2cc(C(C)C)oc12.[Rb+]. The fourth-order valence-electron chi connectivity index (χ4n) is 1.35. The van der Waals surface area contributed by atoms with Crippen LogP contribution in [0, 0.1) is 13.1 Å². The van der Waals surface area contributed by atoms with E-state index in [4.69, 9.17) is 4.42 Å². The van der Waals surface area contributed by atoms with E-state index in [2.05, 4.69) is 31.1 Å². The summed E-state index contributed by atoms with van der Waals surface area (Å²) in [5, 5.41) is 1.09. The van der Waals surface area contributed by atoms with E-state index in [9.17, 15) is 0 Å². The van der Waals surface area contributed by atoms with Crippen LogP contribution >= 0.6 is 0 Å². The number of fused-ring (bicyclic) bond motifs is 1. The maximum absolute atomic E-state index is 5.68. The molecule has 0 radical (unpaired) electrons. The predicted molar refractivity (Wildman–Crippen MR) is 51.7 cm³/mol. The molecule has 3 heteroatoms. The minimum Gasteiger partial charge on any atom is -0.486 e. The van der Waals surface area contributed by atoms with E-state index in [0.717, 1.165) is 22.4 Å². The van der Waals surface area contributed by atoms with Crippen molar-refractivity contribution >= 4 is 11.0 Å². The summed E-state index contributed by atoms with van der Waals surface area (Å²) < 4.78 is 5.68. The van der Waals surface area contributed by atoms with Crippen LogP contribution < -0.4 is 58.2 Å². The average Bonchev–Trinajstić information content (AvgIpc) is 2.49. The number of hydrogen-bond acceptors (Lipinski definition) is 2. The van der Waals surface area contributed by atoms with Crippen molar-refractivity contribution in [3.05, 3.63) is 29.8 Å². The van der Waals surface area contributed by atoms with Crippen molar-refractivity contribution in [3.8, 4) is 0 Å². The van der Waals surface area contributed by atoms with Gasteiger partial charge in [-0.3, -0.25) is 0 Å². The van der Waals surface area contributed by atoms with Gasteiger partial charge in [-0.25, -0.2) is 0 Å². The molecule has 68 valence electrons. The van der Waals surface area contributed by atoms with Crippen molar-refractivity contribution in [3.63, 3.8) is 0 Å². The Bertz CT molecular complexity index is 434. The van der Waals surface area contributed by atoms with E-state index in [1.54, 1.807) is 0 Å². The van der Waals surface area contributed by atoms with Gasteiger partial charge in [0, 0.05) is 11.5 Å². The number of furan rings is 1. The Balaban J connectivity index is 0.000000980. The summed E-state index contributed by atoms with van der Waals surface area (Å²) in [7, 11) is 0. The van der Waals surface area contributed by atoms with Gasteiger partial charge in [-0.2, -0.15) is 0 Å². The molecule has 2 heterocycles. The van der Waals surface area contributed by atoms with E-state index in [1.807, 2.05) is 13.0 Å². The first-order valence-corrected chi connectivity index (χ1v) is 4.45. The van der Waals surface area contributed by atoms with Gasteiger partial charge in [-0.1, -0.05) is 38.4 Å². The summed E-state index contributed by atoms with van der Waals surface area (Å²) in [4.78, 5) is 4.06. The number of pyridine rings is 1. The Morgan fingerprint density at radius 1 is 1.43 bits per heavy atom. The Morgan fingerprint density at radius 3 is 2.71 bits per heavy atom. The zero-order valence-corrected chi connectivity index (χ0v) is 14.0. The van der Waals surface area contributed by atoms with Crippen molar-refractivity contribution in [2.24, 2.45) is 0 Å². The molecule has 2 nitrogen and oxygen atoms in total. The number of nitrogens with zero attached hydrogens (tertiary/aromatic N) is 1. The topological polar surface area (TPSA) is 26.0 Å². The fourth-order valence-corrected chi connectivity index (χ4v) is 1.35. The maximum Gasteiger partial charge on any atom is 1.00 e. The summed E-state index contributed by atoms with van der Waals surface area (Å²) in [6, 6.07) is 3.92. The predicted octanol–water partition coefficient (Wildman–Crippen LogP) is 0.0638. The average molecular weight is 260 g/mol. The number of aryl methyl sites for hydroxylation is 1. The van der Waals surface area contributed by atoms with Gasteiger partial charge < -0.3 is 9.40 Å². The number of hydrogen-bond donors (Lipinski definition) is 0. The van der Waals surface area contributed by atoms with Gasteiger partial charge in [0.25, 0.3) is 0 Å². The first kappa shape index (κ1) is 12.6. The molecule has 2 aromatic rings. The Hall–Kier alpha value is 0.495. The van der Waals surface area contributed by atoms with Crippen LogP contribution in [0.3, 0.4) is 0 Å². The molecule has 0 aliphatic carbocycles. The third kappa shape index (κ3) is 2.35. The molecule has 2 aromatic heterocycles. The largest absolute Gasteiger partial charge is 1.00 e. The summed E-state index contributed by atoms with van der Waals surface area (Å²) in [5.74, 6) is 1.44. The standard InChI is InChI=1S/C11H12NO.Rb/c1-7(2)10-6-9-4-5-12-8(3)11(9)13-10;/h4,6-7H,1-3H3;/q-1;+1. The molecular formula is C11H12NORb. The van der Waals surface area contributed by atoms with E-state index in [0.29, 0.717) is 5.92 Å². The van der Waals surface area contributed by atoms with Gasteiger partial charge in [-0.15, -0.1) is 6.07 Å². The first-order chi connectivity index (χ1) is 6.18. The second-order valence-corrected chi connectivity index (χ2v) is 3.56. The third-order valence-corrected chi connectivity index (χ3v) is 2.13. The molecule has 0 saturated carbocycles. The van der Waals surface area contributed by atoms with Gasteiger partial charge in [0.15, 0.2) is 0 Å². The Labute approximate surface area is 133 Å². The van der Waals surface area contributed by atoms with Crippen LogP contribution in [0.2, 0.25) is 0 Å². The molecule has 0 atom stereocenters. The fraction of sp³-hybridized carbons (Fsp3) is 0.364. The molecule has 14 heavy (non-hydrogen) atoms. The molecule has 0 bridgehead atoms.